The molecule has 0 radical (unpaired) electrons. The molecule has 0 atom stereocenters. The Hall–Kier alpha value is -1.81. The van der Waals surface area contributed by atoms with Crippen LogP contribution in [0.4, 0.5) is 0 Å². The quantitative estimate of drug-likeness (QED) is 0.918. The van der Waals surface area contributed by atoms with Crippen LogP contribution in [-0.2, 0) is 13.0 Å². The van der Waals surface area contributed by atoms with Crippen LogP contribution in [-0.4, -0.2) is 16.9 Å². The molecule has 0 unspecified atom stereocenters. The highest BCUT2D eigenvalue weighted by atomic mass is 16.5. The van der Waals surface area contributed by atoms with Gasteiger partial charge >= 0.3 is 0 Å². The van der Waals surface area contributed by atoms with Gasteiger partial charge in [0.25, 0.3) is 0 Å². The summed E-state index contributed by atoms with van der Waals surface area (Å²) in [5.74, 6) is 0.817. The average Bonchev–Trinajstić information content (AvgIpc) is 2.72. The van der Waals surface area contributed by atoms with Crippen molar-refractivity contribution in [2.24, 2.45) is 5.73 Å². The lowest BCUT2D eigenvalue weighted by atomic mass is 10.1. The summed E-state index contributed by atoms with van der Waals surface area (Å²) in [6.45, 7) is 6.78. The number of aryl methyl sites for hydroxylation is 1. The van der Waals surface area contributed by atoms with Gasteiger partial charge in [-0.25, -0.2) is 4.68 Å². The Labute approximate surface area is 114 Å². The number of aromatic nitrogens is 2. The van der Waals surface area contributed by atoms with Gasteiger partial charge in [0.05, 0.1) is 18.5 Å². The highest BCUT2D eigenvalue weighted by Crippen LogP contribution is 2.24. The van der Waals surface area contributed by atoms with Crippen molar-refractivity contribution >= 4 is 0 Å². The Morgan fingerprint density at radius 2 is 2.05 bits per heavy atom. The standard InChI is InChI=1S/C15H21N3O/c1-5-14-10(2)17-18(11(14)3)15-8-13(19-4)7-6-12(15)9-16/h6-8H,5,9,16H2,1-4H3. The minimum atomic E-state index is 0.485. The molecule has 1 aromatic carbocycles. The van der Waals surface area contributed by atoms with Crippen LogP contribution < -0.4 is 10.5 Å². The third kappa shape index (κ3) is 2.36. The number of ether oxygens (including phenoxy) is 1. The predicted molar refractivity (Wildman–Crippen MR) is 76.9 cm³/mol. The number of hydrogen-bond acceptors (Lipinski definition) is 3. The van der Waals surface area contributed by atoms with E-state index in [2.05, 4.69) is 18.9 Å². The van der Waals surface area contributed by atoms with Crippen LogP contribution >= 0.6 is 0 Å². The first-order valence-corrected chi connectivity index (χ1v) is 6.54. The Bertz CT molecular complexity index is 587. The van der Waals surface area contributed by atoms with Crippen molar-refractivity contribution in [3.63, 3.8) is 0 Å². The second-order valence-corrected chi connectivity index (χ2v) is 4.61. The number of nitrogens with two attached hydrogens (primary N) is 1. The van der Waals surface area contributed by atoms with Gasteiger partial charge in [-0.2, -0.15) is 5.10 Å². The zero-order valence-corrected chi connectivity index (χ0v) is 12.0. The Kier molecular flexibility index (Phi) is 3.90. The summed E-state index contributed by atoms with van der Waals surface area (Å²) in [5.41, 5.74) is 11.4. The molecule has 0 amide bonds. The molecule has 19 heavy (non-hydrogen) atoms. The zero-order chi connectivity index (χ0) is 14.0. The molecule has 102 valence electrons. The Morgan fingerprint density at radius 1 is 1.32 bits per heavy atom. The molecule has 4 heteroatoms. The van der Waals surface area contributed by atoms with Crippen LogP contribution in [0.3, 0.4) is 0 Å². The second kappa shape index (κ2) is 5.45. The van der Waals surface area contributed by atoms with Crippen molar-refractivity contribution in [2.45, 2.75) is 33.7 Å². The van der Waals surface area contributed by atoms with Crippen LogP contribution in [0.5, 0.6) is 5.75 Å². The van der Waals surface area contributed by atoms with E-state index in [1.54, 1.807) is 7.11 Å². The molecule has 0 fully saturated rings. The maximum absolute atomic E-state index is 5.83. The molecule has 2 aromatic rings. The van der Waals surface area contributed by atoms with Gasteiger partial charge in [0.2, 0.25) is 0 Å². The minimum Gasteiger partial charge on any atom is -0.497 e. The topological polar surface area (TPSA) is 53.1 Å². The normalized spacial score (nSPS) is 10.8. The molecule has 1 heterocycles. The van der Waals surface area contributed by atoms with E-state index in [0.29, 0.717) is 6.54 Å². The Morgan fingerprint density at radius 3 is 2.58 bits per heavy atom. The van der Waals surface area contributed by atoms with Crippen molar-refractivity contribution < 1.29 is 4.74 Å². The molecule has 0 saturated carbocycles. The van der Waals surface area contributed by atoms with Crippen LogP contribution in [0, 0.1) is 13.8 Å². The summed E-state index contributed by atoms with van der Waals surface area (Å²) >= 11 is 0. The third-order valence-corrected chi connectivity index (χ3v) is 3.54. The van der Waals surface area contributed by atoms with Gasteiger partial charge in [-0.1, -0.05) is 13.0 Å². The zero-order valence-electron chi connectivity index (χ0n) is 12.0. The van der Waals surface area contributed by atoms with Crippen LogP contribution in [0.15, 0.2) is 18.2 Å². The van der Waals surface area contributed by atoms with Crippen LogP contribution in [0.1, 0.15) is 29.4 Å². The molecule has 4 nitrogen and oxygen atoms in total. The van der Waals surface area contributed by atoms with Crippen molar-refractivity contribution in [1.29, 1.82) is 0 Å². The van der Waals surface area contributed by atoms with E-state index in [1.807, 2.05) is 29.8 Å². The smallest absolute Gasteiger partial charge is 0.121 e. The molecule has 0 aliphatic heterocycles. The first-order valence-electron chi connectivity index (χ1n) is 6.54. The Balaban J connectivity index is 2.63. The monoisotopic (exact) mass is 259 g/mol. The summed E-state index contributed by atoms with van der Waals surface area (Å²) < 4.78 is 7.27. The summed E-state index contributed by atoms with van der Waals surface area (Å²) in [6.07, 6.45) is 0.986. The van der Waals surface area contributed by atoms with Gasteiger partial charge < -0.3 is 10.5 Å². The second-order valence-electron chi connectivity index (χ2n) is 4.61. The van der Waals surface area contributed by atoms with Crippen LogP contribution in [0.25, 0.3) is 5.69 Å². The van der Waals surface area contributed by atoms with E-state index in [0.717, 1.165) is 29.1 Å². The van der Waals surface area contributed by atoms with Gasteiger partial charge in [-0.3, -0.25) is 0 Å². The van der Waals surface area contributed by atoms with Gasteiger partial charge in [-0.05, 0) is 37.5 Å². The molecule has 0 bridgehead atoms. The number of benzene rings is 1. The van der Waals surface area contributed by atoms with Gasteiger partial charge in [-0.15, -0.1) is 0 Å². The molecule has 1 aromatic heterocycles. The van der Waals surface area contributed by atoms with Crippen molar-refractivity contribution in [3.05, 3.63) is 40.7 Å². The van der Waals surface area contributed by atoms with Gasteiger partial charge in [0, 0.05) is 18.3 Å². The van der Waals surface area contributed by atoms with E-state index in [4.69, 9.17) is 10.5 Å². The van der Waals surface area contributed by atoms with E-state index in [-0.39, 0.29) is 0 Å². The lowest BCUT2D eigenvalue weighted by molar-refractivity contribution is 0.414. The summed E-state index contributed by atoms with van der Waals surface area (Å²) in [4.78, 5) is 0. The molecular weight excluding hydrogens is 238 g/mol. The minimum absolute atomic E-state index is 0.485. The number of nitrogens with zero attached hydrogens (tertiary/aromatic N) is 2. The summed E-state index contributed by atoms with van der Waals surface area (Å²) in [7, 11) is 1.67. The number of rotatable bonds is 4. The largest absolute Gasteiger partial charge is 0.497 e. The fraction of sp³-hybridized carbons (Fsp3) is 0.400. The molecule has 0 spiro atoms. The van der Waals surface area contributed by atoms with Gasteiger partial charge in [0.15, 0.2) is 0 Å². The lowest BCUT2D eigenvalue weighted by Crippen LogP contribution is -2.07. The maximum Gasteiger partial charge on any atom is 0.121 e. The molecule has 2 rings (SSSR count). The molecule has 0 saturated heterocycles. The first-order chi connectivity index (χ1) is 9.12. The lowest BCUT2D eigenvalue weighted by Gasteiger charge is -2.12. The summed E-state index contributed by atoms with van der Waals surface area (Å²) in [5, 5.41) is 4.64. The molecular formula is C15H21N3O. The summed E-state index contributed by atoms with van der Waals surface area (Å²) in [6, 6.07) is 5.91. The van der Waals surface area contributed by atoms with Crippen molar-refractivity contribution in [2.75, 3.05) is 7.11 Å². The fourth-order valence-electron chi connectivity index (χ4n) is 2.46. The third-order valence-electron chi connectivity index (χ3n) is 3.54. The maximum atomic E-state index is 5.83. The van der Waals surface area contributed by atoms with Crippen LogP contribution in [0.2, 0.25) is 0 Å². The van der Waals surface area contributed by atoms with Crippen molar-refractivity contribution in [1.82, 2.24) is 9.78 Å². The highest BCUT2D eigenvalue weighted by Gasteiger charge is 2.14. The molecule has 2 N–H and O–H groups in total. The van der Waals surface area contributed by atoms with Gasteiger partial charge in [0.1, 0.15) is 5.75 Å². The number of methoxy groups -OCH3 is 1. The van der Waals surface area contributed by atoms with E-state index in [1.165, 1.54) is 11.3 Å². The predicted octanol–water partition coefficient (Wildman–Crippen LogP) is 2.52. The SMILES string of the molecule is CCc1c(C)nn(-c2cc(OC)ccc2CN)c1C. The average molecular weight is 259 g/mol. The molecule has 0 aliphatic rings. The van der Waals surface area contributed by atoms with E-state index < -0.39 is 0 Å². The molecule has 0 aliphatic carbocycles. The van der Waals surface area contributed by atoms with E-state index >= 15 is 0 Å². The van der Waals surface area contributed by atoms with E-state index in [9.17, 15) is 0 Å². The fourth-order valence-corrected chi connectivity index (χ4v) is 2.46. The number of hydrogen-bond donors (Lipinski definition) is 1. The first kappa shape index (κ1) is 13.6. The van der Waals surface area contributed by atoms with Crippen molar-refractivity contribution in [3.8, 4) is 11.4 Å². The highest BCUT2D eigenvalue weighted by molar-refractivity contribution is 5.48.